The number of aromatic amines is 1. The van der Waals surface area contributed by atoms with E-state index in [0.717, 1.165) is 33.3 Å². The lowest BCUT2D eigenvalue weighted by Crippen LogP contribution is -1.92. The van der Waals surface area contributed by atoms with E-state index in [2.05, 4.69) is 15.3 Å². The van der Waals surface area contributed by atoms with Crippen molar-refractivity contribution in [1.82, 2.24) is 9.97 Å². The Morgan fingerprint density at radius 3 is 2.78 bits per heavy atom. The highest BCUT2D eigenvalue weighted by Crippen LogP contribution is 2.22. The van der Waals surface area contributed by atoms with Crippen molar-refractivity contribution in [3.05, 3.63) is 53.1 Å². The second-order valence-corrected chi connectivity index (χ2v) is 4.60. The Bertz CT molecular complexity index is 670. The molecule has 2 aromatic carbocycles. The molecule has 0 spiro atoms. The maximum absolute atomic E-state index is 6.00. The fraction of sp³-hybridized carbons (Fsp3) is 0.0714. The van der Waals surface area contributed by atoms with Crippen LogP contribution in [0.2, 0.25) is 5.02 Å². The van der Waals surface area contributed by atoms with Gasteiger partial charge in [-0.05, 0) is 42.8 Å². The molecule has 0 atom stereocenters. The maximum Gasteiger partial charge on any atom is 0.205 e. The molecule has 2 N–H and O–H groups in total. The number of hydrogen-bond donors (Lipinski definition) is 2. The van der Waals surface area contributed by atoms with E-state index in [-0.39, 0.29) is 0 Å². The monoisotopic (exact) mass is 257 g/mol. The van der Waals surface area contributed by atoms with Gasteiger partial charge in [0.1, 0.15) is 0 Å². The summed E-state index contributed by atoms with van der Waals surface area (Å²) in [6.45, 7) is 1.98. The number of anilines is 2. The zero-order valence-corrected chi connectivity index (χ0v) is 10.6. The third kappa shape index (κ3) is 2.05. The lowest BCUT2D eigenvalue weighted by molar-refractivity contribution is 1.30. The molecule has 4 heteroatoms. The minimum atomic E-state index is 0.734. The largest absolute Gasteiger partial charge is 0.326 e. The number of aromatic nitrogens is 2. The summed E-state index contributed by atoms with van der Waals surface area (Å²) in [6.07, 6.45) is 0. The molecule has 0 amide bonds. The van der Waals surface area contributed by atoms with Gasteiger partial charge in [-0.25, -0.2) is 4.98 Å². The molecule has 0 fully saturated rings. The number of para-hydroxylation sites is 2. The highest BCUT2D eigenvalue weighted by molar-refractivity contribution is 6.31. The van der Waals surface area contributed by atoms with Gasteiger partial charge in [0.15, 0.2) is 0 Å². The van der Waals surface area contributed by atoms with Crippen molar-refractivity contribution in [1.29, 1.82) is 0 Å². The van der Waals surface area contributed by atoms with Gasteiger partial charge in [0.05, 0.1) is 11.0 Å². The zero-order chi connectivity index (χ0) is 12.5. The van der Waals surface area contributed by atoms with Crippen LogP contribution in [-0.2, 0) is 0 Å². The number of rotatable bonds is 2. The van der Waals surface area contributed by atoms with Crippen LogP contribution in [0.3, 0.4) is 0 Å². The Morgan fingerprint density at radius 1 is 1.17 bits per heavy atom. The molecule has 0 saturated heterocycles. The molecule has 0 bridgehead atoms. The quantitative estimate of drug-likeness (QED) is 0.720. The maximum atomic E-state index is 6.00. The van der Waals surface area contributed by atoms with Gasteiger partial charge in [-0.3, -0.25) is 0 Å². The molecule has 3 aromatic rings. The van der Waals surface area contributed by atoms with Crippen molar-refractivity contribution in [2.45, 2.75) is 6.92 Å². The van der Waals surface area contributed by atoms with Crippen molar-refractivity contribution in [3.63, 3.8) is 0 Å². The molecule has 90 valence electrons. The van der Waals surface area contributed by atoms with E-state index in [1.165, 1.54) is 0 Å². The Labute approximate surface area is 110 Å². The average molecular weight is 258 g/mol. The summed E-state index contributed by atoms with van der Waals surface area (Å²) in [4.78, 5) is 7.68. The normalized spacial score (nSPS) is 10.8. The van der Waals surface area contributed by atoms with Crippen molar-refractivity contribution in [2.24, 2.45) is 0 Å². The first-order chi connectivity index (χ1) is 8.72. The molecule has 3 rings (SSSR count). The van der Waals surface area contributed by atoms with Crippen molar-refractivity contribution < 1.29 is 0 Å². The molecule has 0 unspecified atom stereocenters. The van der Waals surface area contributed by atoms with E-state index in [9.17, 15) is 0 Å². The Kier molecular flexibility index (Phi) is 2.68. The van der Waals surface area contributed by atoms with Gasteiger partial charge in [-0.2, -0.15) is 0 Å². The summed E-state index contributed by atoms with van der Waals surface area (Å²) >= 11 is 6.00. The van der Waals surface area contributed by atoms with Crippen molar-refractivity contribution >= 4 is 34.3 Å². The van der Waals surface area contributed by atoms with Gasteiger partial charge in [0.2, 0.25) is 5.95 Å². The molecule has 18 heavy (non-hydrogen) atoms. The molecule has 0 radical (unpaired) electrons. The zero-order valence-electron chi connectivity index (χ0n) is 9.87. The average Bonchev–Trinajstić information content (AvgIpc) is 2.76. The summed E-state index contributed by atoms with van der Waals surface area (Å²) in [5.74, 6) is 0.734. The summed E-state index contributed by atoms with van der Waals surface area (Å²) in [5, 5.41) is 4.00. The fourth-order valence-electron chi connectivity index (χ4n) is 1.87. The molecule has 1 heterocycles. The molecule has 3 nitrogen and oxygen atoms in total. The molecule has 1 aromatic heterocycles. The molecule has 0 saturated carbocycles. The van der Waals surface area contributed by atoms with Crippen LogP contribution in [0.15, 0.2) is 42.5 Å². The van der Waals surface area contributed by atoms with Gasteiger partial charge in [0, 0.05) is 10.7 Å². The van der Waals surface area contributed by atoms with E-state index in [4.69, 9.17) is 11.6 Å². The van der Waals surface area contributed by atoms with E-state index >= 15 is 0 Å². The van der Waals surface area contributed by atoms with Gasteiger partial charge < -0.3 is 10.3 Å². The second-order valence-electron chi connectivity index (χ2n) is 4.19. The first-order valence-electron chi connectivity index (χ1n) is 5.70. The minimum absolute atomic E-state index is 0.734. The number of nitrogens with one attached hydrogen (secondary N) is 2. The number of imidazole rings is 1. The molecule has 0 aliphatic rings. The predicted octanol–water partition coefficient (Wildman–Crippen LogP) is 4.27. The second kappa shape index (κ2) is 4.35. The van der Waals surface area contributed by atoms with Crippen LogP contribution in [0.5, 0.6) is 0 Å². The minimum Gasteiger partial charge on any atom is -0.326 e. The topological polar surface area (TPSA) is 40.7 Å². The Balaban J connectivity index is 1.93. The van der Waals surface area contributed by atoms with E-state index < -0.39 is 0 Å². The smallest absolute Gasteiger partial charge is 0.205 e. The lowest BCUT2D eigenvalue weighted by atomic mass is 10.2. The number of halogens is 1. The van der Waals surface area contributed by atoms with Crippen molar-refractivity contribution in [2.75, 3.05) is 5.32 Å². The number of nitrogens with zero attached hydrogens (tertiary/aromatic N) is 1. The van der Waals surface area contributed by atoms with Crippen LogP contribution in [0.4, 0.5) is 11.6 Å². The number of hydrogen-bond acceptors (Lipinski definition) is 2. The summed E-state index contributed by atoms with van der Waals surface area (Å²) in [7, 11) is 0. The van der Waals surface area contributed by atoms with Crippen LogP contribution >= 0.6 is 11.6 Å². The number of benzene rings is 2. The fourth-order valence-corrected chi connectivity index (χ4v) is 1.99. The van der Waals surface area contributed by atoms with Crippen LogP contribution in [0.1, 0.15) is 5.56 Å². The summed E-state index contributed by atoms with van der Waals surface area (Å²) < 4.78 is 0. The van der Waals surface area contributed by atoms with Crippen LogP contribution < -0.4 is 5.32 Å². The number of aryl methyl sites for hydroxylation is 1. The van der Waals surface area contributed by atoms with Gasteiger partial charge in [0.25, 0.3) is 0 Å². The molecule has 0 aliphatic carbocycles. The van der Waals surface area contributed by atoms with Gasteiger partial charge >= 0.3 is 0 Å². The predicted molar refractivity (Wildman–Crippen MR) is 75.6 cm³/mol. The lowest BCUT2D eigenvalue weighted by Gasteiger charge is -2.04. The van der Waals surface area contributed by atoms with E-state index in [0.29, 0.717) is 0 Å². The van der Waals surface area contributed by atoms with Crippen molar-refractivity contribution in [3.8, 4) is 0 Å². The van der Waals surface area contributed by atoms with Crippen LogP contribution in [0, 0.1) is 6.92 Å². The third-order valence-electron chi connectivity index (χ3n) is 2.81. The molecular formula is C14H12ClN3. The van der Waals surface area contributed by atoms with Gasteiger partial charge in [-0.15, -0.1) is 0 Å². The van der Waals surface area contributed by atoms with Crippen LogP contribution in [0.25, 0.3) is 11.0 Å². The SMILES string of the molecule is Cc1cc(Nc2nc3ccccc3[nH]2)ccc1Cl. The summed E-state index contributed by atoms with van der Waals surface area (Å²) in [6, 6.07) is 13.7. The Morgan fingerprint density at radius 2 is 2.00 bits per heavy atom. The highest BCUT2D eigenvalue weighted by Gasteiger charge is 2.03. The standard InChI is InChI=1S/C14H12ClN3/c1-9-8-10(6-7-11(9)15)16-14-17-12-4-2-3-5-13(12)18-14/h2-8H,1H3,(H2,16,17,18). The van der Waals surface area contributed by atoms with E-state index in [1.54, 1.807) is 0 Å². The Hall–Kier alpha value is -2.00. The van der Waals surface area contributed by atoms with Crippen LogP contribution in [-0.4, -0.2) is 9.97 Å². The van der Waals surface area contributed by atoms with Gasteiger partial charge in [-0.1, -0.05) is 23.7 Å². The number of H-pyrrole nitrogens is 1. The molecular weight excluding hydrogens is 246 g/mol. The molecule has 0 aliphatic heterocycles. The third-order valence-corrected chi connectivity index (χ3v) is 3.23. The summed E-state index contributed by atoms with van der Waals surface area (Å²) in [5.41, 5.74) is 3.98. The first kappa shape index (κ1) is 11.1. The van der Waals surface area contributed by atoms with E-state index in [1.807, 2.05) is 49.4 Å². The first-order valence-corrected chi connectivity index (χ1v) is 6.08. The highest BCUT2D eigenvalue weighted by atomic mass is 35.5. The number of fused-ring (bicyclic) bond motifs is 1.